The van der Waals surface area contributed by atoms with Gasteiger partial charge in [-0.15, -0.1) is 0 Å². The van der Waals surface area contributed by atoms with Crippen LogP contribution in [0, 0.1) is 31.1 Å². The normalized spacial score (nSPS) is 18.3. The van der Waals surface area contributed by atoms with Gasteiger partial charge in [0.2, 0.25) is 0 Å². The van der Waals surface area contributed by atoms with Crippen molar-refractivity contribution in [2.24, 2.45) is 5.92 Å². The number of nitriles is 1. The van der Waals surface area contributed by atoms with Crippen LogP contribution in [-0.4, -0.2) is 37.2 Å². The highest BCUT2D eigenvalue weighted by Gasteiger charge is 2.23. The van der Waals surface area contributed by atoms with E-state index in [2.05, 4.69) is 31.6 Å². The molecule has 1 atom stereocenters. The van der Waals surface area contributed by atoms with Gasteiger partial charge < -0.3 is 4.40 Å². The third-order valence-electron chi connectivity index (χ3n) is 5.26. The van der Waals surface area contributed by atoms with E-state index in [4.69, 9.17) is 0 Å². The van der Waals surface area contributed by atoms with E-state index in [-0.39, 0.29) is 0 Å². The summed E-state index contributed by atoms with van der Waals surface area (Å²) in [5.41, 5.74) is 2.91. The monoisotopic (exact) mass is 348 g/mol. The summed E-state index contributed by atoms with van der Waals surface area (Å²) >= 11 is 0. The Bertz CT molecular complexity index is 960. The van der Waals surface area contributed by atoms with Crippen LogP contribution in [0.15, 0.2) is 30.6 Å². The summed E-state index contributed by atoms with van der Waals surface area (Å²) in [5.74, 6) is 2.41. The van der Waals surface area contributed by atoms with Gasteiger partial charge in [-0.1, -0.05) is 6.07 Å². The number of pyridine rings is 1. The van der Waals surface area contributed by atoms with Crippen molar-refractivity contribution in [2.45, 2.75) is 39.8 Å². The summed E-state index contributed by atoms with van der Waals surface area (Å²) in [4.78, 5) is 6.88. The zero-order valence-corrected chi connectivity index (χ0v) is 15.4. The Labute approximate surface area is 153 Å². The Morgan fingerprint density at radius 2 is 2.19 bits per heavy atom. The minimum atomic E-state index is 0.575. The van der Waals surface area contributed by atoms with Crippen molar-refractivity contribution in [2.75, 3.05) is 13.1 Å². The van der Waals surface area contributed by atoms with Crippen molar-refractivity contribution in [1.29, 1.82) is 5.26 Å². The van der Waals surface area contributed by atoms with Crippen LogP contribution in [0.25, 0.3) is 5.52 Å². The zero-order chi connectivity index (χ0) is 18.1. The largest absolute Gasteiger partial charge is 0.322 e. The van der Waals surface area contributed by atoms with Crippen molar-refractivity contribution >= 4 is 5.52 Å². The Hall–Kier alpha value is -2.65. The predicted octanol–water partition coefficient (Wildman–Crippen LogP) is 2.93. The van der Waals surface area contributed by atoms with Gasteiger partial charge in [-0.25, -0.2) is 9.67 Å². The van der Waals surface area contributed by atoms with Crippen LogP contribution in [-0.2, 0) is 13.1 Å². The van der Waals surface area contributed by atoms with Crippen molar-refractivity contribution in [3.05, 3.63) is 53.4 Å². The summed E-state index contributed by atoms with van der Waals surface area (Å²) in [7, 11) is 0. The molecule has 0 bridgehead atoms. The fourth-order valence-electron chi connectivity index (χ4n) is 4.09. The molecule has 0 unspecified atom stereocenters. The first kappa shape index (κ1) is 16.8. The van der Waals surface area contributed by atoms with Gasteiger partial charge in [0.15, 0.2) is 0 Å². The molecule has 0 radical (unpaired) electrons. The van der Waals surface area contributed by atoms with E-state index >= 15 is 0 Å². The highest BCUT2D eigenvalue weighted by atomic mass is 15.3. The average Bonchev–Trinajstić information content (AvgIpc) is 3.13. The van der Waals surface area contributed by atoms with Crippen LogP contribution >= 0.6 is 0 Å². The summed E-state index contributed by atoms with van der Waals surface area (Å²) in [6, 6.07) is 8.39. The molecule has 1 aliphatic rings. The molecule has 0 N–H and O–H groups in total. The molecule has 0 aromatic carbocycles. The number of fused-ring (bicyclic) bond motifs is 1. The van der Waals surface area contributed by atoms with Crippen LogP contribution in [0.2, 0.25) is 0 Å². The molecule has 26 heavy (non-hydrogen) atoms. The molecule has 4 rings (SSSR count). The number of aryl methyl sites for hydroxylation is 2. The van der Waals surface area contributed by atoms with E-state index in [0.717, 1.165) is 54.5 Å². The van der Waals surface area contributed by atoms with Gasteiger partial charge in [-0.2, -0.15) is 10.4 Å². The quantitative estimate of drug-likeness (QED) is 0.727. The van der Waals surface area contributed by atoms with E-state index in [1.54, 1.807) is 0 Å². The maximum atomic E-state index is 9.61. The van der Waals surface area contributed by atoms with Gasteiger partial charge in [0.25, 0.3) is 0 Å². The van der Waals surface area contributed by atoms with Gasteiger partial charge in [0.1, 0.15) is 17.7 Å². The van der Waals surface area contributed by atoms with E-state index in [1.165, 1.54) is 12.8 Å². The lowest BCUT2D eigenvalue weighted by Gasteiger charge is -2.32. The number of aromatic nitrogens is 4. The lowest BCUT2D eigenvalue weighted by Crippen LogP contribution is -2.37. The van der Waals surface area contributed by atoms with Gasteiger partial charge in [-0.3, -0.25) is 4.90 Å². The topological polar surface area (TPSA) is 62.2 Å². The van der Waals surface area contributed by atoms with Gasteiger partial charge in [0.05, 0.1) is 11.1 Å². The van der Waals surface area contributed by atoms with Crippen molar-refractivity contribution < 1.29 is 0 Å². The van der Waals surface area contributed by atoms with Crippen molar-refractivity contribution in [1.82, 2.24) is 24.1 Å². The van der Waals surface area contributed by atoms with Gasteiger partial charge in [0, 0.05) is 37.6 Å². The summed E-state index contributed by atoms with van der Waals surface area (Å²) in [5, 5.41) is 14.1. The Balaban J connectivity index is 1.49. The number of rotatable bonds is 4. The highest BCUT2D eigenvalue weighted by molar-refractivity contribution is 5.65. The highest BCUT2D eigenvalue weighted by Crippen LogP contribution is 2.24. The van der Waals surface area contributed by atoms with Gasteiger partial charge in [-0.05, 0) is 51.3 Å². The molecule has 6 heteroatoms. The first-order valence-corrected chi connectivity index (χ1v) is 9.23. The summed E-state index contributed by atoms with van der Waals surface area (Å²) in [6.07, 6.45) is 6.52. The molecule has 1 fully saturated rings. The molecule has 3 aromatic rings. The van der Waals surface area contributed by atoms with E-state index in [1.807, 2.05) is 42.9 Å². The fraction of sp³-hybridized carbons (Fsp3) is 0.450. The molecule has 4 heterocycles. The van der Waals surface area contributed by atoms with E-state index in [9.17, 15) is 5.26 Å². The Kier molecular flexibility index (Phi) is 4.48. The standard InChI is InChI=1S/C20H24N6/c1-15-22-16(2)26(23-15)12-17-6-5-8-24(11-17)13-18-14-25-9-4-3-7-20(25)19(18)10-21/h3-4,7,9,14,17H,5-6,8,11-13H2,1-2H3/t17-/m1/s1. The lowest BCUT2D eigenvalue weighted by atomic mass is 9.97. The van der Waals surface area contributed by atoms with Crippen LogP contribution < -0.4 is 0 Å². The van der Waals surface area contributed by atoms with Gasteiger partial charge >= 0.3 is 0 Å². The minimum Gasteiger partial charge on any atom is -0.322 e. The van der Waals surface area contributed by atoms with Crippen molar-refractivity contribution in [3.8, 4) is 6.07 Å². The molecule has 0 amide bonds. The van der Waals surface area contributed by atoms with Crippen LogP contribution in [0.4, 0.5) is 0 Å². The number of hydrogen-bond acceptors (Lipinski definition) is 4. The molecule has 6 nitrogen and oxygen atoms in total. The fourth-order valence-corrected chi connectivity index (χ4v) is 4.09. The molecular formula is C20H24N6. The number of hydrogen-bond donors (Lipinski definition) is 0. The van der Waals surface area contributed by atoms with E-state index < -0.39 is 0 Å². The average molecular weight is 348 g/mol. The molecule has 0 aliphatic carbocycles. The minimum absolute atomic E-state index is 0.575. The molecule has 1 aliphatic heterocycles. The third kappa shape index (κ3) is 3.23. The Morgan fingerprint density at radius 3 is 2.96 bits per heavy atom. The first-order chi connectivity index (χ1) is 12.6. The predicted molar refractivity (Wildman–Crippen MR) is 99.6 cm³/mol. The molecule has 3 aromatic heterocycles. The first-order valence-electron chi connectivity index (χ1n) is 9.23. The molecule has 0 saturated carbocycles. The van der Waals surface area contributed by atoms with Crippen LogP contribution in [0.1, 0.15) is 35.6 Å². The van der Waals surface area contributed by atoms with Crippen molar-refractivity contribution in [3.63, 3.8) is 0 Å². The number of piperidine rings is 1. The second-order valence-corrected chi connectivity index (χ2v) is 7.27. The third-order valence-corrected chi connectivity index (χ3v) is 5.26. The molecule has 0 spiro atoms. The number of nitrogens with zero attached hydrogens (tertiary/aromatic N) is 6. The SMILES string of the molecule is Cc1nc(C)n(C[C@@H]2CCCN(Cc3cn4ccccc4c3C#N)C2)n1. The molecule has 134 valence electrons. The zero-order valence-electron chi connectivity index (χ0n) is 15.4. The summed E-state index contributed by atoms with van der Waals surface area (Å²) in [6.45, 7) is 7.84. The lowest BCUT2D eigenvalue weighted by molar-refractivity contribution is 0.152. The van der Waals surface area contributed by atoms with E-state index in [0.29, 0.717) is 5.92 Å². The molecular weight excluding hydrogens is 324 g/mol. The number of likely N-dealkylation sites (tertiary alicyclic amines) is 1. The maximum Gasteiger partial charge on any atom is 0.147 e. The van der Waals surface area contributed by atoms with Crippen LogP contribution in [0.5, 0.6) is 0 Å². The van der Waals surface area contributed by atoms with Crippen LogP contribution in [0.3, 0.4) is 0 Å². The second kappa shape index (κ2) is 6.93. The second-order valence-electron chi connectivity index (χ2n) is 7.27. The Morgan fingerprint density at radius 1 is 1.31 bits per heavy atom. The summed E-state index contributed by atoms with van der Waals surface area (Å²) < 4.78 is 4.09. The molecule has 1 saturated heterocycles. The smallest absolute Gasteiger partial charge is 0.147 e. The maximum absolute atomic E-state index is 9.61.